The van der Waals surface area contributed by atoms with Gasteiger partial charge in [0.15, 0.2) is 0 Å². The number of nitrogens with zero attached hydrogens (tertiary/aromatic N) is 6. The van der Waals surface area contributed by atoms with Crippen molar-refractivity contribution < 1.29 is 4.42 Å². The van der Waals surface area contributed by atoms with Gasteiger partial charge in [-0.2, -0.15) is 5.10 Å². The summed E-state index contributed by atoms with van der Waals surface area (Å²) in [5.74, 6) is 1.15. The van der Waals surface area contributed by atoms with Crippen LogP contribution in [0.25, 0.3) is 11.5 Å². The minimum absolute atomic E-state index is 0.435. The first-order valence-corrected chi connectivity index (χ1v) is 7.67. The zero-order valence-electron chi connectivity index (χ0n) is 13.2. The zero-order chi connectivity index (χ0) is 15.8. The molecule has 0 unspecified atom stereocenters. The van der Waals surface area contributed by atoms with Crippen LogP contribution in [0.4, 0.5) is 0 Å². The normalized spacial score (nSPS) is 15.7. The second-order valence-corrected chi connectivity index (χ2v) is 5.96. The summed E-state index contributed by atoms with van der Waals surface area (Å²) in [6.07, 6.45) is 3.44. The third-order valence-electron chi connectivity index (χ3n) is 4.06. The lowest BCUT2D eigenvalue weighted by atomic mass is 10.1. The number of aromatic nitrogens is 5. The highest BCUT2D eigenvalue weighted by atomic mass is 16.4. The molecule has 0 N–H and O–H groups in total. The molecule has 0 spiro atoms. The average molecular weight is 310 g/mol. The van der Waals surface area contributed by atoms with Crippen LogP contribution in [-0.2, 0) is 6.54 Å². The fourth-order valence-electron chi connectivity index (χ4n) is 2.96. The van der Waals surface area contributed by atoms with Crippen LogP contribution in [0.15, 0.2) is 35.0 Å². The van der Waals surface area contributed by atoms with Gasteiger partial charge in [0.05, 0.1) is 23.8 Å². The van der Waals surface area contributed by atoms with Gasteiger partial charge in [-0.25, -0.2) is 0 Å². The molecule has 1 saturated heterocycles. The molecule has 0 aromatic carbocycles. The van der Waals surface area contributed by atoms with Crippen LogP contribution in [0.2, 0.25) is 0 Å². The quantitative estimate of drug-likeness (QED) is 0.734. The van der Waals surface area contributed by atoms with Gasteiger partial charge in [0.25, 0.3) is 0 Å². The van der Waals surface area contributed by atoms with Gasteiger partial charge in [-0.3, -0.25) is 14.6 Å². The number of pyridine rings is 1. The van der Waals surface area contributed by atoms with Gasteiger partial charge >= 0.3 is 0 Å². The molecule has 118 valence electrons. The van der Waals surface area contributed by atoms with Crippen molar-refractivity contribution in [1.82, 2.24) is 29.9 Å². The molecule has 1 aliphatic rings. The summed E-state index contributed by atoms with van der Waals surface area (Å²) in [6, 6.07) is 6.31. The Morgan fingerprint density at radius 1 is 1.26 bits per heavy atom. The topological polar surface area (TPSA) is 72.9 Å². The van der Waals surface area contributed by atoms with Gasteiger partial charge in [-0.15, -0.1) is 10.2 Å². The second kappa shape index (κ2) is 5.58. The number of likely N-dealkylation sites (tertiary alicyclic amines) is 1. The van der Waals surface area contributed by atoms with Crippen LogP contribution < -0.4 is 0 Å². The molecule has 23 heavy (non-hydrogen) atoms. The summed E-state index contributed by atoms with van der Waals surface area (Å²) >= 11 is 0. The van der Waals surface area contributed by atoms with Gasteiger partial charge in [0, 0.05) is 31.2 Å². The molecule has 0 amide bonds. The molecule has 1 fully saturated rings. The Bertz CT molecular complexity index is 803. The SMILES string of the molecule is Cc1cc(C)n(C2CN(Cc3nnc(-c4cccnc4)o3)C2)n1. The number of rotatable bonds is 4. The maximum Gasteiger partial charge on any atom is 0.249 e. The van der Waals surface area contributed by atoms with E-state index in [1.807, 2.05) is 19.1 Å². The van der Waals surface area contributed by atoms with E-state index in [0.717, 1.165) is 24.3 Å². The second-order valence-electron chi connectivity index (χ2n) is 5.96. The van der Waals surface area contributed by atoms with E-state index < -0.39 is 0 Å². The maximum absolute atomic E-state index is 5.72. The van der Waals surface area contributed by atoms with Crippen LogP contribution in [0.1, 0.15) is 23.3 Å². The third kappa shape index (κ3) is 2.75. The fraction of sp³-hybridized carbons (Fsp3) is 0.375. The Labute approximate surface area is 134 Å². The molecule has 0 atom stereocenters. The standard InChI is InChI=1S/C16H18N6O/c1-11-6-12(2)22(20-11)14-8-21(9-14)10-15-18-19-16(23-15)13-4-3-5-17-7-13/h3-7,14H,8-10H2,1-2H3. The van der Waals surface area contributed by atoms with Crippen LogP contribution in [0.5, 0.6) is 0 Å². The lowest BCUT2D eigenvalue weighted by Gasteiger charge is -2.38. The van der Waals surface area contributed by atoms with Crippen molar-refractivity contribution in [2.24, 2.45) is 0 Å². The zero-order valence-corrected chi connectivity index (χ0v) is 13.2. The number of hydrogen-bond donors (Lipinski definition) is 0. The van der Waals surface area contributed by atoms with Crippen LogP contribution in [-0.4, -0.2) is 43.0 Å². The van der Waals surface area contributed by atoms with E-state index in [4.69, 9.17) is 4.42 Å². The van der Waals surface area contributed by atoms with Crippen molar-refractivity contribution in [3.8, 4) is 11.5 Å². The molecule has 0 aliphatic carbocycles. The summed E-state index contributed by atoms with van der Waals surface area (Å²) in [5.41, 5.74) is 3.12. The summed E-state index contributed by atoms with van der Waals surface area (Å²) < 4.78 is 7.83. The number of aryl methyl sites for hydroxylation is 2. The van der Waals surface area contributed by atoms with Crippen LogP contribution in [0, 0.1) is 13.8 Å². The molecule has 0 saturated carbocycles. The van der Waals surface area contributed by atoms with Crippen molar-refractivity contribution in [3.05, 3.63) is 47.9 Å². The summed E-state index contributed by atoms with van der Waals surface area (Å²) in [6.45, 7) is 6.70. The molecule has 4 rings (SSSR count). The molecular formula is C16H18N6O. The molecule has 0 bridgehead atoms. The van der Waals surface area contributed by atoms with Crippen molar-refractivity contribution in [1.29, 1.82) is 0 Å². The minimum atomic E-state index is 0.435. The van der Waals surface area contributed by atoms with E-state index in [0.29, 0.717) is 24.4 Å². The lowest BCUT2D eigenvalue weighted by molar-refractivity contribution is 0.0803. The first-order valence-electron chi connectivity index (χ1n) is 7.67. The van der Waals surface area contributed by atoms with Gasteiger partial charge in [-0.1, -0.05) is 0 Å². The van der Waals surface area contributed by atoms with Crippen molar-refractivity contribution in [2.45, 2.75) is 26.4 Å². The minimum Gasteiger partial charge on any atom is -0.419 e. The average Bonchev–Trinajstić information content (AvgIpc) is 3.10. The van der Waals surface area contributed by atoms with Gasteiger partial charge < -0.3 is 4.42 Å². The predicted molar refractivity (Wildman–Crippen MR) is 83.5 cm³/mol. The highest BCUT2D eigenvalue weighted by molar-refractivity contribution is 5.49. The van der Waals surface area contributed by atoms with E-state index in [2.05, 4.69) is 42.9 Å². The Kier molecular flexibility index (Phi) is 3.42. The number of hydrogen-bond acceptors (Lipinski definition) is 6. The monoisotopic (exact) mass is 310 g/mol. The Balaban J connectivity index is 1.38. The molecule has 0 radical (unpaired) electrons. The lowest BCUT2D eigenvalue weighted by Crippen LogP contribution is -2.47. The Morgan fingerprint density at radius 2 is 2.13 bits per heavy atom. The molecule has 7 nitrogen and oxygen atoms in total. The van der Waals surface area contributed by atoms with Gasteiger partial charge in [0.1, 0.15) is 0 Å². The molecule has 1 aliphatic heterocycles. The van der Waals surface area contributed by atoms with Crippen molar-refractivity contribution in [2.75, 3.05) is 13.1 Å². The third-order valence-corrected chi connectivity index (χ3v) is 4.06. The Morgan fingerprint density at radius 3 is 2.83 bits per heavy atom. The van der Waals surface area contributed by atoms with E-state index in [1.54, 1.807) is 12.4 Å². The van der Waals surface area contributed by atoms with Crippen LogP contribution in [0.3, 0.4) is 0 Å². The molecule has 3 aromatic heterocycles. The molecule has 7 heteroatoms. The molecule has 3 aromatic rings. The summed E-state index contributed by atoms with van der Waals surface area (Å²) in [4.78, 5) is 6.34. The van der Waals surface area contributed by atoms with E-state index >= 15 is 0 Å². The van der Waals surface area contributed by atoms with Gasteiger partial charge in [-0.05, 0) is 32.0 Å². The smallest absolute Gasteiger partial charge is 0.249 e. The van der Waals surface area contributed by atoms with E-state index in [-0.39, 0.29) is 0 Å². The Hall–Kier alpha value is -2.54. The van der Waals surface area contributed by atoms with Crippen molar-refractivity contribution >= 4 is 0 Å². The highest BCUT2D eigenvalue weighted by Crippen LogP contribution is 2.25. The first-order chi connectivity index (χ1) is 11.2. The summed E-state index contributed by atoms with van der Waals surface area (Å²) in [5, 5.41) is 12.8. The highest BCUT2D eigenvalue weighted by Gasteiger charge is 2.30. The van der Waals surface area contributed by atoms with Crippen LogP contribution >= 0.6 is 0 Å². The summed E-state index contributed by atoms with van der Waals surface area (Å²) in [7, 11) is 0. The maximum atomic E-state index is 5.72. The van der Waals surface area contributed by atoms with E-state index in [9.17, 15) is 0 Å². The molecular weight excluding hydrogens is 292 g/mol. The van der Waals surface area contributed by atoms with Gasteiger partial charge in [0.2, 0.25) is 11.8 Å². The fourth-order valence-corrected chi connectivity index (χ4v) is 2.96. The van der Waals surface area contributed by atoms with Crippen molar-refractivity contribution in [3.63, 3.8) is 0 Å². The largest absolute Gasteiger partial charge is 0.419 e. The predicted octanol–water partition coefficient (Wildman–Crippen LogP) is 2.00. The van der Waals surface area contributed by atoms with E-state index in [1.165, 1.54) is 5.69 Å². The molecule has 4 heterocycles. The first kappa shape index (κ1) is 14.1.